The zero-order valence-electron chi connectivity index (χ0n) is 16.2. The lowest BCUT2D eigenvalue weighted by atomic mass is 10.1. The van der Waals surface area contributed by atoms with Gasteiger partial charge >= 0.3 is 0 Å². The van der Waals surface area contributed by atoms with E-state index in [1.54, 1.807) is 17.1 Å². The summed E-state index contributed by atoms with van der Waals surface area (Å²) in [5.74, 6) is 1.23. The van der Waals surface area contributed by atoms with E-state index in [9.17, 15) is 4.79 Å². The molecule has 0 spiro atoms. The van der Waals surface area contributed by atoms with Crippen molar-refractivity contribution in [3.8, 4) is 17.0 Å². The van der Waals surface area contributed by atoms with Crippen molar-refractivity contribution in [2.45, 2.75) is 26.3 Å². The molecular formula is C23H22N4O2. The Labute approximate surface area is 169 Å². The first kappa shape index (κ1) is 18.7. The Balaban J connectivity index is 1.27. The van der Waals surface area contributed by atoms with Crippen LogP contribution in [0.25, 0.3) is 17.0 Å². The predicted octanol–water partition coefficient (Wildman–Crippen LogP) is 4.08. The molecule has 29 heavy (non-hydrogen) atoms. The number of nitrogens with one attached hydrogen (secondary N) is 1. The molecule has 146 valence electrons. The Morgan fingerprint density at radius 1 is 1.07 bits per heavy atom. The summed E-state index contributed by atoms with van der Waals surface area (Å²) in [7, 11) is 0. The summed E-state index contributed by atoms with van der Waals surface area (Å²) in [4.78, 5) is 16.5. The third kappa shape index (κ3) is 4.79. The van der Waals surface area contributed by atoms with Crippen molar-refractivity contribution in [1.82, 2.24) is 20.1 Å². The Hall–Kier alpha value is -3.67. The molecule has 2 heterocycles. The second-order valence-electron chi connectivity index (χ2n) is 6.89. The van der Waals surface area contributed by atoms with E-state index in [0.29, 0.717) is 31.0 Å². The molecule has 4 aromatic rings. The zero-order valence-corrected chi connectivity index (χ0v) is 16.2. The number of hydrogen-bond acceptors (Lipinski definition) is 4. The summed E-state index contributed by atoms with van der Waals surface area (Å²) < 4.78 is 7.56. The van der Waals surface area contributed by atoms with Crippen molar-refractivity contribution >= 4 is 5.91 Å². The third-order valence-electron chi connectivity index (χ3n) is 4.60. The fraction of sp³-hybridized carbons (Fsp3) is 0.174. The van der Waals surface area contributed by atoms with Crippen LogP contribution in [0.4, 0.5) is 0 Å². The number of nitrogens with zero attached hydrogens (tertiary/aromatic N) is 3. The Bertz CT molecular complexity index is 1080. The highest BCUT2D eigenvalue weighted by Crippen LogP contribution is 2.21. The van der Waals surface area contributed by atoms with Gasteiger partial charge in [0.15, 0.2) is 11.7 Å². The van der Waals surface area contributed by atoms with E-state index < -0.39 is 0 Å². The SMILES string of the molecule is Cc1ccc(-c2cnc(CCC(=O)NCc3cnn(-c4ccccc4)c3)o2)cc1. The highest BCUT2D eigenvalue weighted by atomic mass is 16.4. The molecule has 0 unspecified atom stereocenters. The van der Waals surface area contributed by atoms with Gasteiger partial charge in [-0.2, -0.15) is 5.10 Å². The number of para-hydroxylation sites is 1. The van der Waals surface area contributed by atoms with Crippen LogP contribution in [0.2, 0.25) is 0 Å². The van der Waals surface area contributed by atoms with Gasteiger partial charge in [0.1, 0.15) is 0 Å². The lowest BCUT2D eigenvalue weighted by Crippen LogP contribution is -2.22. The van der Waals surface area contributed by atoms with E-state index in [1.807, 2.05) is 67.7 Å². The molecule has 6 heteroatoms. The van der Waals surface area contributed by atoms with Crippen LogP contribution in [0.3, 0.4) is 0 Å². The summed E-state index contributed by atoms with van der Waals surface area (Å²) in [6.07, 6.45) is 6.16. The van der Waals surface area contributed by atoms with Crippen LogP contribution in [0.1, 0.15) is 23.4 Å². The number of amides is 1. The summed E-state index contributed by atoms with van der Waals surface area (Å²) in [6, 6.07) is 17.9. The molecule has 0 saturated heterocycles. The number of hydrogen-bond donors (Lipinski definition) is 1. The van der Waals surface area contributed by atoms with Crippen LogP contribution in [-0.2, 0) is 17.8 Å². The first-order valence-electron chi connectivity index (χ1n) is 9.55. The number of rotatable bonds is 7. The van der Waals surface area contributed by atoms with Crippen LogP contribution in [0.5, 0.6) is 0 Å². The molecule has 2 aromatic heterocycles. The smallest absolute Gasteiger partial charge is 0.220 e. The van der Waals surface area contributed by atoms with E-state index in [4.69, 9.17) is 4.42 Å². The fourth-order valence-corrected chi connectivity index (χ4v) is 2.96. The summed E-state index contributed by atoms with van der Waals surface area (Å²) in [5.41, 5.74) is 4.10. The van der Waals surface area contributed by atoms with E-state index in [2.05, 4.69) is 15.4 Å². The molecule has 0 aliphatic heterocycles. The lowest BCUT2D eigenvalue weighted by molar-refractivity contribution is -0.121. The van der Waals surface area contributed by atoms with Gasteiger partial charge in [-0.1, -0.05) is 48.0 Å². The van der Waals surface area contributed by atoms with Crippen molar-refractivity contribution in [3.05, 3.63) is 90.2 Å². The van der Waals surface area contributed by atoms with Gasteiger partial charge in [-0.3, -0.25) is 4.79 Å². The van der Waals surface area contributed by atoms with Gasteiger partial charge in [0.2, 0.25) is 5.91 Å². The van der Waals surface area contributed by atoms with Gasteiger partial charge in [-0.15, -0.1) is 0 Å². The molecule has 0 aliphatic rings. The summed E-state index contributed by atoms with van der Waals surface area (Å²) in [6.45, 7) is 2.48. The van der Waals surface area contributed by atoms with Gasteiger partial charge in [0.25, 0.3) is 0 Å². The van der Waals surface area contributed by atoms with Gasteiger partial charge in [0.05, 0.1) is 18.1 Å². The minimum Gasteiger partial charge on any atom is -0.441 e. The molecule has 6 nitrogen and oxygen atoms in total. The van der Waals surface area contributed by atoms with Crippen molar-refractivity contribution in [3.63, 3.8) is 0 Å². The number of aryl methyl sites for hydroxylation is 2. The van der Waals surface area contributed by atoms with Crippen molar-refractivity contribution in [2.75, 3.05) is 0 Å². The standard InChI is InChI=1S/C23H22N4O2/c1-17-7-9-19(10-8-17)21-15-25-23(29-21)12-11-22(28)24-13-18-14-26-27(16-18)20-5-3-2-4-6-20/h2-10,14-16H,11-13H2,1H3,(H,24,28). The average Bonchev–Trinajstić information content (AvgIpc) is 3.42. The predicted molar refractivity (Wildman–Crippen MR) is 110 cm³/mol. The Morgan fingerprint density at radius 3 is 2.66 bits per heavy atom. The summed E-state index contributed by atoms with van der Waals surface area (Å²) in [5, 5.41) is 7.25. The zero-order chi connectivity index (χ0) is 20.1. The fourth-order valence-electron chi connectivity index (χ4n) is 2.96. The van der Waals surface area contributed by atoms with E-state index in [1.165, 1.54) is 5.56 Å². The van der Waals surface area contributed by atoms with E-state index in [0.717, 1.165) is 16.8 Å². The Kier molecular flexibility index (Phi) is 5.52. The largest absolute Gasteiger partial charge is 0.441 e. The van der Waals surface area contributed by atoms with Crippen LogP contribution >= 0.6 is 0 Å². The highest BCUT2D eigenvalue weighted by Gasteiger charge is 2.09. The number of oxazole rings is 1. The molecule has 1 N–H and O–H groups in total. The molecule has 0 bridgehead atoms. The third-order valence-corrected chi connectivity index (χ3v) is 4.60. The Morgan fingerprint density at radius 2 is 1.86 bits per heavy atom. The van der Waals surface area contributed by atoms with Crippen molar-refractivity contribution in [2.24, 2.45) is 0 Å². The topological polar surface area (TPSA) is 73.0 Å². The van der Waals surface area contributed by atoms with Crippen molar-refractivity contribution < 1.29 is 9.21 Å². The maximum absolute atomic E-state index is 12.2. The maximum Gasteiger partial charge on any atom is 0.220 e. The average molecular weight is 386 g/mol. The van der Waals surface area contributed by atoms with Crippen LogP contribution < -0.4 is 5.32 Å². The quantitative estimate of drug-likeness (QED) is 0.519. The highest BCUT2D eigenvalue weighted by molar-refractivity contribution is 5.76. The van der Waals surface area contributed by atoms with Crippen LogP contribution in [-0.4, -0.2) is 20.7 Å². The molecule has 0 radical (unpaired) electrons. The van der Waals surface area contributed by atoms with Gasteiger partial charge < -0.3 is 9.73 Å². The number of carbonyl (C=O) groups is 1. The van der Waals surface area contributed by atoms with Gasteiger partial charge in [-0.25, -0.2) is 9.67 Å². The van der Waals surface area contributed by atoms with Crippen LogP contribution in [0.15, 0.2) is 77.6 Å². The van der Waals surface area contributed by atoms with E-state index >= 15 is 0 Å². The normalized spacial score (nSPS) is 10.8. The molecule has 0 atom stereocenters. The van der Waals surface area contributed by atoms with E-state index in [-0.39, 0.29) is 5.91 Å². The molecule has 0 saturated carbocycles. The number of benzene rings is 2. The second-order valence-corrected chi connectivity index (χ2v) is 6.89. The van der Waals surface area contributed by atoms with Crippen LogP contribution in [0, 0.1) is 6.92 Å². The lowest BCUT2D eigenvalue weighted by Gasteiger charge is -2.02. The van der Waals surface area contributed by atoms with Gasteiger partial charge in [-0.05, 0) is 19.1 Å². The molecule has 0 aliphatic carbocycles. The number of aromatic nitrogens is 3. The summed E-state index contributed by atoms with van der Waals surface area (Å²) >= 11 is 0. The maximum atomic E-state index is 12.2. The minimum atomic E-state index is -0.0486. The first-order chi connectivity index (χ1) is 14.2. The molecule has 4 rings (SSSR count). The molecule has 2 aromatic carbocycles. The number of carbonyl (C=O) groups excluding carboxylic acids is 1. The van der Waals surface area contributed by atoms with Gasteiger partial charge in [0, 0.05) is 36.7 Å². The molecular weight excluding hydrogens is 364 g/mol. The molecule has 1 amide bonds. The van der Waals surface area contributed by atoms with Crippen molar-refractivity contribution in [1.29, 1.82) is 0 Å². The monoisotopic (exact) mass is 386 g/mol. The minimum absolute atomic E-state index is 0.0486. The molecule has 0 fully saturated rings. The second kappa shape index (κ2) is 8.56. The first-order valence-corrected chi connectivity index (χ1v) is 9.55.